The van der Waals surface area contributed by atoms with E-state index in [1.807, 2.05) is 11.8 Å². The fourth-order valence-corrected chi connectivity index (χ4v) is 1.95. The van der Waals surface area contributed by atoms with E-state index < -0.39 is 0 Å². The first kappa shape index (κ1) is 13.8. The Balaban J connectivity index is 2.42. The van der Waals surface area contributed by atoms with E-state index in [2.05, 4.69) is 12.2 Å². The average molecular weight is 254 g/mol. The van der Waals surface area contributed by atoms with E-state index in [9.17, 15) is 9.59 Å². The van der Waals surface area contributed by atoms with Crippen molar-refractivity contribution in [2.75, 3.05) is 18.1 Å². The summed E-state index contributed by atoms with van der Waals surface area (Å²) in [5, 5.41) is 2.80. The van der Waals surface area contributed by atoms with Gasteiger partial charge in [0.25, 0.3) is 11.5 Å². The second kappa shape index (κ2) is 7.17. The lowest BCUT2D eigenvalue weighted by Gasteiger charge is -2.05. The molecule has 0 aliphatic carbocycles. The monoisotopic (exact) mass is 254 g/mol. The molecule has 0 aromatic carbocycles. The summed E-state index contributed by atoms with van der Waals surface area (Å²) in [4.78, 5) is 23.0. The number of nitrogens with zero attached hydrogens (tertiary/aromatic N) is 1. The molecule has 0 spiro atoms. The van der Waals surface area contributed by atoms with Crippen LogP contribution in [0.2, 0.25) is 0 Å². The Morgan fingerprint density at radius 3 is 2.94 bits per heavy atom. The van der Waals surface area contributed by atoms with Gasteiger partial charge in [-0.05, 0) is 24.0 Å². The number of nitrogens with one attached hydrogen (secondary N) is 1. The fraction of sp³-hybridized carbons (Fsp3) is 0.500. The standard InChI is InChI=1S/C12H18N2O2S/c1-3-17-8-4-6-13-12(16)10-5-7-14(2)11(15)9-10/h5,7,9H,3-4,6,8H2,1-2H3,(H,13,16). The van der Waals surface area contributed by atoms with E-state index in [1.165, 1.54) is 10.6 Å². The fourth-order valence-electron chi connectivity index (χ4n) is 1.31. The van der Waals surface area contributed by atoms with Crippen LogP contribution >= 0.6 is 11.8 Å². The maximum absolute atomic E-state index is 11.7. The van der Waals surface area contributed by atoms with Gasteiger partial charge >= 0.3 is 0 Å². The molecule has 0 aliphatic heterocycles. The molecule has 94 valence electrons. The predicted molar refractivity (Wildman–Crippen MR) is 71.6 cm³/mol. The summed E-state index contributed by atoms with van der Waals surface area (Å²) in [6.45, 7) is 2.77. The van der Waals surface area contributed by atoms with Crippen molar-refractivity contribution in [2.45, 2.75) is 13.3 Å². The first-order valence-corrected chi connectivity index (χ1v) is 6.83. The van der Waals surface area contributed by atoms with Gasteiger partial charge in [0.1, 0.15) is 0 Å². The highest BCUT2D eigenvalue weighted by Gasteiger charge is 2.05. The lowest BCUT2D eigenvalue weighted by Crippen LogP contribution is -2.27. The van der Waals surface area contributed by atoms with Crippen LogP contribution in [0.25, 0.3) is 0 Å². The molecular weight excluding hydrogens is 236 g/mol. The third kappa shape index (κ3) is 4.65. The van der Waals surface area contributed by atoms with Crippen LogP contribution in [0.3, 0.4) is 0 Å². The Morgan fingerprint density at radius 1 is 1.53 bits per heavy atom. The van der Waals surface area contributed by atoms with Gasteiger partial charge in [-0.25, -0.2) is 0 Å². The highest BCUT2D eigenvalue weighted by molar-refractivity contribution is 7.99. The summed E-state index contributed by atoms with van der Waals surface area (Å²) in [5.41, 5.74) is 0.260. The van der Waals surface area contributed by atoms with Gasteiger partial charge in [0, 0.05) is 31.4 Å². The van der Waals surface area contributed by atoms with Gasteiger partial charge in [-0.2, -0.15) is 11.8 Å². The third-order valence-corrected chi connectivity index (χ3v) is 3.31. The van der Waals surface area contributed by atoms with Gasteiger partial charge in [0.05, 0.1) is 0 Å². The Morgan fingerprint density at radius 2 is 2.29 bits per heavy atom. The number of aromatic nitrogens is 1. The van der Waals surface area contributed by atoms with E-state index in [-0.39, 0.29) is 11.5 Å². The predicted octanol–water partition coefficient (Wildman–Crippen LogP) is 1.26. The molecule has 0 saturated carbocycles. The summed E-state index contributed by atoms with van der Waals surface area (Å²) in [7, 11) is 1.66. The largest absolute Gasteiger partial charge is 0.352 e. The van der Waals surface area contributed by atoms with Crippen LogP contribution in [0, 0.1) is 0 Å². The molecule has 17 heavy (non-hydrogen) atoms. The normalized spacial score (nSPS) is 10.2. The Hall–Kier alpha value is -1.23. The van der Waals surface area contributed by atoms with Crippen LogP contribution in [0.15, 0.2) is 23.1 Å². The smallest absolute Gasteiger partial charge is 0.251 e. The Kier molecular flexibility index (Phi) is 5.83. The summed E-state index contributed by atoms with van der Waals surface area (Å²) in [6.07, 6.45) is 2.55. The van der Waals surface area contributed by atoms with Crippen LogP contribution in [-0.2, 0) is 7.05 Å². The summed E-state index contributed by atoms with van der Waals surface area (Å²) in [5.74, 6) is 1.97. The zero-order valence-electron chi connectivity index (χ0n) is 10.2. The van der Waals surface area contributed by atoms with Gasteiger partial charge < -0.3 is 9.88 Å². The molecule has 0 atom stereocenters. The van der Waals surface area contributed by atoms with Gasteiger partial charge in [-0.1, -0.05) is 6.92 Å². The number of carbonyl (C=O) groups is 1. The molecule has 1 rings (SSSR count). The Labute approximate surface area is 105 Å². The lowest BCUT2D eigenvalue weighted by atomic mass is 10.2. The highest BCUT2D eigenvalue weighted by Crippen LogP contribution is 2.00. The molecule has 0 fully saturated rings. The molecule has 1 amide bonds. The molecule has 0 unspecified atom stereocenters. The maximum Gasteiger partial charge on any atom is 0.251 e. The number of hydrogen-bond acceptors (Lipinski definition) is 3. The molecule has 5 heteroatoms. The van der Waals surface area contributed by atoms with Crippen LogP contribution in [0.4, 0.5) is 0 Å². The van der Waals surface area contributed by atoms with Crippen molar-refractivity contribution in [1.82, 2.24) is 9.88 Å². The Bertz CT molecular complexity index is 429. The van der Waals surface area contributed by atoms with Crippen molar-refractivity contribution in [2.24, 2.45) is 7.05 Å². The van der Waals surface area contributed by atoms with Crippen molar-refractivity contribution in [3.05, 3.63) is 34.2 Å². The zero-order chi connectivity index (χ0) is 12.7. The summed E-state index contributed by atoms with van der Waals surface area (Å²) in [6, 6.07) is 3.01. The van der Waals surface area contributed by atoms with E-state index in [0.29, 0.717) is 12.1 Å². The van der Waals surface area contributed by atoms with Crippen LogP contribution < -0.4 is 10.9 Å². The number of rotatable bonds is 6. The second-order valence-corrected chi connectivity index (χ2v) is 5.06. The molecule has 1 aromatic rings. The SMILES string of the molecule is CCSCCCNC(=O)c1ccn(C)c(=O)c1. The van der Waals surface area contributed by atoms with Gasteiger partial charge in [0.15, 0.2) is 0 Å². The van der Waals surface area contributed by atoms with Gasteiger partial charge in [-0.3, -0.25) is 9.59 Å². The number of thioether (sulfide) groups is 1. The first-order chi connectivity index (χ1) is 8.15. The molecule has 0 bridgehead atoms. The van der Waals surface area contributed by atoms with Crippen LogP contribution in [-0.4, -0.2) is 28.5 Å². The van der Waals surface area contributed by atoms with Crippen molar-refractivity contribution in [3.63, 3.8) is 0 Å². The topological polar surface area (TPSA) is 51.1 Å². The highest BCUT2D eigenvalue weighted by atomic mass is 32.2. The number of carbonyl (C=O) groups excluding carboxylic acids is 1. The lowest BCUT2D eigenvalue weighted by molar-refractivity contribution is 0.0953. The van der Waals surface area contributed by atoms with Crippen molar-refractivity contribution < 1.29 is 4.79 Å². The van der Waals surface area contributed by atoms with Crippen LogP contribution in [0.1, 0.15) is 23.7 Å². The minimum atomic E-state index is -0.177. The molecule has 0 radical (unpaired) electrons. The number of aryl methyl sites for hydroxylation is 1. The molecule has 1 N–H and O–H groups in total. The van der Waals surface area contributed by atoms with Crippen molar-refractivity contribution >= 4 is 17.7 Å². The second-order valence-electron chi connectivity index (χ2n) is 3.67. The zero-order valence-corrected chi connectivity index (χ0v) is 11.0. The minimum absolute atomic E-state index is 0.167. The van der Waals surface area contributed by atoms with E-state index >= 15 is 0 Å². The van der Waals surface area contributed by atoms with Crippen molar-refractivity contribution in [1.29, 1.82) is 0 Å². The molecule has 0 saturated heterocycles. The van der Waals surface area contributed by atoms with E-state index in [0.717, 1.165) is 17.9 Å². The summed E-state index contributed by atoms with van der Waals surface area (Å²) < 4.78 is 1.44. The quantitative estimate of drug-likeness (QED) is 0.778. The number of pyridine rings is 1. The summed E-state index contributed by atoms with van der Waals surface area (Å²) >= 11 is 1.86. The van der Waals surface area contributed by atoms with E-state index in [4.69, 9.17) is 0 Å². The van der Waals surface area contributed by atoms with Crippen LogP contribution in [0.5, 0.6) is 0 Å². The van der Waals surface area contributed by atoms with Crippen molar-refractivity contribution in [3.8, 4) is 0 Å². The minimum Gasteiger partial charge on any atom is -0.352 e. The average Bonchev–Trinajstić information content (AvgIpc) is 2.32. The van der Waals surface area contributed by atoms with E-state index in [1.54, 1.807) is 19.3 Å². The molecule has 1 aromatic heterocycles. The molecule has 1 heterocycles. The molecular formula is C12H18N2O2S. The van der Waals surface area contributed by atoms with Gasteiger partial charge in [0.2, 0.25) is 0 Å². The number of hydrogen-bond donors (Lipinski definition) is 1. The number of amides is 1. The maximum atomic E-state index is 11.7. The molecule has 4 nitrogen and oxygen atoms in total. The first-order valence-electron chi connectivity index (χ1n) is 5.67. The molecule has 0 aliphatic rings. The third-order valence-electron chi connectivity index (χ3n) is 2.32. The van der Waals surface area contributed by atoms with Gasteiger partial charge in [-0.15, -0.1) is 0 Å².